The Hall–Kier alpha value is -0.590. The number of thiophene rings is 1. The first-order chi connectivity index (χ1) is 7.78. The number of hydrogen-bond donors (Lipinski definition) is 2. The van der Waals surface area contributed by atoms with E-state index in [0.29, 0.717) is 13.1 Å². The SMILES string of the molecule is CN(CC(C)(C)O)C(=O)NCc1cc(Br)cs1. The number of halogens is 1. The van der Waals surface area contributed by atoms with Gasteiger partial charge in [-0.2, -0.15) is 0 Å². The molecule has 0 atom stereocenters. The second kappa shape index (κ2) is 5.84. The highest BCUT2D eigenvalue weighted by atomic mass is 79.9. The number of urea groups is 1. The molecule has 1 aromatic heterocycles. The summed E-state index contributed by atoms with van der Waals surface area (Å²) < 4.78 is 1.02. The lowest BCUT2D eigenvalue weighted by Gasteiger charge is -2.25. The van der Waals surface area contributed by atoms with E-state index in [1.807, 2.05) is 11.4 Å². The molecule has 1 rings (SSSR count). The van der Waals surface area contributed by atoms with Crippen LogP contribution in [0.4, 0.5) is 4.79 Å². The van der Waals surface area contributed by atoms with Crippen LogP contribution >= 0.6 is 27.3 Å². The van der Waals surface area contributed by atoms with Gasteiger partial charge in [0.2, 0.25) is 0 Å². The molecule has 0 bridgehead atoms. The van der Waals surface area contributed by atoms with Gasteiger partial charge in [0.1, 0.15) is 0 Å². The van der Waals surface area contributed by atoms with Crippen LogP contribution in [0.25, 0.3) is 0 Å². The molecule has 96 valence electrons. The monoisotopic (exact) mass is 320 g/mol. The smallest absolute Gasteiger partial charge is 0.317 e. The minimum absolute atomic E-state index is 0.184. The van der Waals surface area contributed by atoms with Gasteiger partial charge in [-0.3, -0.25) is 0 Å². The number of hydrogen-bond acceptors (Lipinski definition) is 3. The summed E-state index contributed by atoms with van der Waals surface area (Å²) in [5, 5.41) is 14.4. The average molecular weight is 321 g/mol. The molecule has 0 aromatic carbocycles. The molecule has 0 radical (unpaired) electrons. The van der Waals surface area contributed by atoms with Gasteiger partial charge in [0.15, 0.2) is 0 Å². The number of carbonyl (C=O) groups is 1. The van der Waals surface area contributed by atoms with Gasteiger partial charge in [-0.1, -0.05) is 0 Å². The van der Waals surface area contributed by atoms with Crippen molar-refractivity contribution in [1.82, 2.24) is 10.2 Å². The number of nitrogens with zero attached hydrogens (tertiary/aromatic N) is 1. The van der Waals surface area contributed by atoms with Gasteiger partial charge in [0.05, 0.1) is 18.7 Å². The van der Waals surface area contributed by atoms with E-state index in [0.717, 1.165) is 9.35 Å². The van der Waals surface area contributed by atoms with E-state index in [-0.39, 0.29) is 6.03 Å². The second-order valence-corrected chi connectivity index (χ2v) is 6.47. The molecule has 17 heavy (non-hydrogen) atoms. The maximum absolute atomic E-state index is 11.7. The number of nitrogens with one attached hydrogen (secondary N) is 1. The maximum atomic E-state index is 11.7. The van der Waals surface area contributed by atoms with Crippen molar-refractivity contribution < 1.29 is 9.90 Å². The molecule has 4 nitrogen and oxygen atoms in total. The molecular weight excluding hydrogens is 304 g/mol. The van der Waals surface area contributed by atoms with E-state index in [4.69, 9.17) is 0 Å². The Bertz CT molecular complexity index is 387. The van der Waals surface area contributed by atoms with Crippen LogP contribution in [0.3, 0.4) is 0 Å². The molecule has 0 aliphatic rings. The fraction of sp³-hybridized carbons (Fsp3) is 0.545. The lowest BCUT2D eigenvalue weighted by Crippen LogP contribution is -2.44. The standard InChI is InChI=1S/C11H17BrN2O2S/c1-11(2,16)7-14(3)10(15)13-5-9-4-8(12)6-17-9/h4,6,16H,5,7H2,1-3H3,(H,13,15). The minimum atomic E-state index is -0.877. The third-order valence-electron chi connectivity index (χ3n) is 2.01. The Labute approximate surface area is 114 Å². The first kappa shape index (κ1) is 14.5. The van der Waals surface area contributed by atoms with Crippen molar-refractivity contribution in [3.05, 3.63) is 20.8 Å². The Kier molecular flexibility index (Phi) is 4.97. The number of aliphatic hydroxyl groups is 1. The highest BCUT2D eigenvalue weighted by molar-refractivity contribution is 9.10. The zero-order valence-electron chi connectivity index (χ0n) is 10.2. The third kappa shape index (κ3) is 5.52. The predicted octanol–water partition coefficient (Wildman–Crippen LogP) is 2.42. The zero-order chi connectivity index (χ0) is 13.1. The summed E-state index contributed by atoms with van der Waals surface area (Å²) in [5.41, 5.74) is -0.877. The summed E-state index contributed by atoms with van der Waals surface area (Å²) in [6, 6.07) is 1.79. The van der Waals surface area contributed by atoms with Gasteiger partial charge in [-0.05, 0) is 35.8 Å². The number of likely N-dealkylation sites (N-methyl/N-ethyl adjacent to an activating group) is 1. The van der Waals surface area contributed by atoms with Crippen LogP contribution < -0.4 is 5.32 Å². The summed E-state index contributed by atoms with van der Waals surface area (Å²) in [6.07, 6.45) is 0. The Morgan fingerprint density at radius 1 is 1.65 bits per heavy atom. The van der Waals surface area contributed by atoms with Crippen LogP contribution in [0.2, 0.25) is 0 Å². The Morgan fingerprint density at radius 2 is 2.29 bits per heavy atom. The molecule has 6 heteroatoms. The average Bonchev–Trinajstić information content (AvgIpc) is 2.58. The first-order valence-electron chi connectivity index (χ1n) is 5.22. The lowest BCUT2D eigenvalue weighted by molar-refractivity contribution is 0.0531. The molecule has 1 aromatic rings. The van der Waals surface area contributed by atoms with Crippen LogP contribution in [-0.4, -0.2) is 35.2 Å². The van der Waals surface area contributed by atoms with Gasteiger partial charge in [-0.15, -0.1) is 11.3 Å². The van der Waals surface area contributed by atoms with Gasteiger partial charge >= 0.3 is 6.03 Å². The van der Waals surface area contributed by atoms with Crippen molar-refractivity contribution >= 4 is 33.3 Å². The molecule has 0 spiro atoms. The maximum Gasteiger partial charge on any atom is 0.317 e. The van der Waals surface area contributed by atoms with Gasteiger partial charge < -0.3 is 15.3 Å². The highest BCUT2D eigenvalue weighted by Gasteiger charge is 2.19. The predicted molar refractivity (Wildman–Crippen MR) is 73.2 cm³/mol. The van der Waals surface area contributed by atoms with Crippen LogP contribution in [-0.2, 0) is 6.54 Å². The largest absolute Gasteiger partial charge is 0.389 e. The molecule has 2 amide bonds. The lowest BCUT2D eigenvalue weighted by atomic mass is 10.1. The summed E-state index contributed by atoms with van der Waals surface area (Å²) in [7, 11) is 1.66. The van der Waals surface area contributed by atoms with Crippen molar-refractivity contribution in [2.75, 3.05) is 13.6 Å². The molecule has 0 saturated carbocycles. The molecular formula is C11H17BrN2O2S. The van der Waals surface area contributed by atoms with Crippen molar-refractivity contribution in [2.24, 2.45) is 0 Å². The Balaban J connectivity index is 2.39. The molecule has 0 aliphatic carbocycles. The molecule has 1 heterocycles. The fourth-order valence-electron chi connectivity index (χ4n) is 1.40. The minimum Gasteiger partial charge on any atom is -0.389 e. The quantitative estimate of drug-likeness (QED) is 0.895. The van der Waals surface area contributed by atoms with Crippen molar-refractivity contribution in [2.45, 2.75) is 26.0 Å². The number of carbonyl (C=O) groups excluding carboxylic acids is 1. The molecule has 0 fully saturated rings. The third-order valence-corrected chi connectivity index (χ3v) is 3.70. The van der Waals surface area contributed by atoms with E-state index in [1.54, 1.807) is 32.2 Å². The van der Waals surface area contributed by atoms with Gasteiger partial charge in [-0.25, -0.2) is 4.79 Å². The van der Waals surface area contributed by atoms with E-state index >= 15 is 0 Å². The summed E-state index contributed by atoms with van der Waals surface area (Å²) in [6.45, 7) is 4.15. The first-order valence-corrected chi connectivity index (χ1v) is 6.89. The fourth-order valence-corrected chi connectivity index (χ4v) is 2.79. The summed E-state index contributed by atoms with van der Waals surface area (Å²) in [5.74, 6) is 0. The second-order valence-electron chi connectivity index (χ2n) is 4.56. The van der Waals surface area contributed by atoms with Crippen LogP contribution in [0.1, 0.15) is 18.7 Å². The topological polar surface area (TPSA) is 52.6 Å². The van der Waals surface area contributed by atoms with Crippen LogP contribution in [0, 0.1) is 0 Å². The summed E-state index contributed by atoms with van der Waals surface area (Å²) in [4.78, 5) is 14.3. The number of amides is 2. The normalized spacial score (nSPS) is 11.4. The molecule has 0 aliphatic heterocycles. The highest BCUT2D eigenvalue weighted by Crippen LogP contribution is 2.19. The number of rotatable bonds is 4. The van der Waals surface area contributed by atoms with E-state index in [9.17, 15) is 9.90 Å². The molecule has 2 N–H and O–H groups in total. The van der Waals surface area contributed by atoms with E-state index < -0.39 is 5.60 Å². The molecule has 0 unspecified atom stereocenters. The van der Waals surface area contributed by atoms with E-state index in [2.05, 4.69) is 21.2 Å². The van der Waals surface area contributed by atoms with Crippen molar-refractivity contribution in [3.8, 4) is 0 Å². The van der Waals surface area contributed by atoms with Gasteiger partial charge in [0.25, 0.3) is 0 Å². The van der Waals surface area contributed by atoms with Crippen molar-refractivity contribution in [1.29, 1.82) is 0 Å². The van der Waals surface area contributed by atoms with E-state index in [1.165, 1.54) is 4.90 Å². The zero-order valence-corrected chi connectivity index (χ0v) is 12.6. The van der Waals surface area contributed by atoms with Crippen LogP contribution in [0.15, 0.2) is 15.9 Å². The summed E-state index contributed by atoms with van der Waals surface area (Å²) >= 11 is 4.95. The van der Waals surface area contributed by atoms with Gasteiger partial charge in [0, 0.05) is 21.8 Å². The Morgan fingerprint density at radius 3 is 2.76 bits per heavy atom. The van der Waals surface area contributed by atoms with Crippen LogP contribution in [0.5, 0.6) is 0 Å². The van der Waals surface area contributed by atoms with Crippen molar-refractivity contribution in [3.63, 3.8) is 0 Å². The molecule has 0 saturated heterocycles.